The van der Waals surface area contributed by atoms with Crippen LogP contribution in [-0.2, 0) is 6.54 Å². The Morgan fingerprint density at radius 1 is 1.41 bits per heavy atom. The Morgan fingerprint density at radius 3 is 2.71 bits per heavy atom. The van der Waals surface area contributed by atoms with Crippen molar-refractivity contribution in [2.24, 2.45) is 0 Å². The van der Waals surface area contributed by atoms with E-state index in [0.29, 0.717) is 6.04 Å². The number of aromatic nitrogens is 1. The molecule has 0 aliphatic carbocycles. The molecule has 92 valence electrons. The van der Waals surface area contributed by atoms with Gasteiger partial charge in [-0.1, -0.05) is 0 Å². The van der Waals surface area contributed by atoms with Gasteiger partial charge in [-0.25, -0.2) is 4.98 Å². The van der Waals surface area contributed by atoms with E-state index in [1.165, 1.54) is 10.4 Å². The summed E-state index contributed by atoms with van der Waals surface area (Å²) < 4.78 is 5.55. The van der Waals surface area contributed by atoms with Crippen molar-refractivity contribution in [2.45, 2.75) is 40.3 Å². The zero-order valence-electron chi connectivity index (χ0n) is 10.7. The second-order valence-corrected chi connectivity index (χ2v) is 5.27. The van der Waals surface area contributed by atoms with E-state index in [0.717, 1.165) is 23.8 Å². The molecule has 2 heterocycles. The lowest BCUT2D eigenvalue weighted by molar-refractivity contribution is 0.490. The molecule has 1 N–H and O–H groups in total. The molecule has 0 bridgehead atoms. The molecular weight excluding hydrogens is 232 g/mol. The van der Waals surface area contributed by atoms with Gasteiger partial charge in [0.2, 0.25) is 0 Å². The first kappa shape index (κ1) is 12.3. The van der Waals surface area contributed by atoms with Gasteiger partial charge < -0.3 is 9.73 Å². The fraction of sp³-hybridized carbons (Fsp3) is 0.462. The smallest absolute Gasteiger partial charge is 0.105 e. The van der Waals surface area contributed by atoms with Gasteiger partial charge in [-0.15, -0.1) is 11.3 Å². The van der Waals surface area contributed by atoms with Crippen LogP contribution in [0.25, 0.3) is 0 Å². The Balaban J connectivity index is 2.00. The lowest BCUT2D eigenvalue weighted by atomic mass is 10.1. The van der Waals surface area contributed by atoms with Gasteiger partial charge in [0.05, 0.1) is 11.2 Å². The molecule has 0 aromatic carbocycles. The highest BCUT2D eigenvalue weighted by Crippen LogP contribution is 2.22. The maximum Gasteiger partial charge on any atom is 0.105 e. The molecule has 2 aromatic heterocycles. The second-order valence-electron chi connectivity index (χ2n) is 4.33. The van der Waals surface area contributed by atoms with Crippen molar-refractivity contribution in [3.8, 4) is 0 Å². The summed E-state index contributed by atoms with van der Waals surface area (Å²) in [6.07, 6.45) is 0. The molecule has 3 nitrogen and oxygen atoms in total. The summed E-state index contributed by atoms with van der Waals surface area (Å²) >= 11 is 1.70. The van der Waals surface area contributed by atoms with Gasteiger partial charge in [0.1, 0.15) is 11.5 Å². The van der Waals surface area contributed by atoms with Crippen LogP contribution < -0.4 is 5.32 Å². The van der Waals surface area contributed by atoms with E-state index >= 15 is 0 Å². The quantitative estimate of drug-likeness (QED) is 0.902. The summed E-state index contributed by atoms with van der Waals surface area (Å²) in [5, 5.41) is 3.51. The number of hydrogen-bond donors (Lipinski definition) is 1. The van der Waals surface area contributed by atoms with Crippen LogP contribution in [0.4, 0.5) is 0 Å². The average molecular weight is 250 g/mol. The van der Waals surface area contributed by atoms with Crippen molar-refractivity contribution < 1.29 is 4.42 Å². The summed E-state index contributed by atoms with van der Waals surface area (Å²) in [5.41, 5.74) is 4.25. The largest absolute Gasteiger partial charge is 0.466 e. The van der Waals surface area contributed by atoms with Gasteiger partial charge in [-0.2, -0.15) is 0 Å². The first-order chi connectivity index (χ1) is 8.08. The zero-order valence-corrected chi connectivity index (χ0v) is 11.5. The number of nitrogens with zero attached hydrogens (tertiary/aromatic N) is 1. The summed E-state index contributed by atoms with van der Waals surface area (Å²) in [4.78, 5) is 5.55. The Kier molecular flexibility index (Phi) is 3.64. The zero-order chi connectivity index (χ0) is 12.4. The summed E-state index contributed by atoms with van der Waals surface area (Å²) in [7, 11) is 0. The van der Waals surface area contributed by atoms with Crippen molar-refractivity contribution in [1.29, 1.82) is 0 Å². The first-order valence-corrected chi connectivity index (χ1v) is 6.65. The highest BCUT2D eigenvalue weighted by atomic mass is 32.1. The average Bonchev–Trinajstić information content (AvgIpc) is 2.81. The number of hydrogen-bond acceptors (Lipinski definition) is 4. The number of aryl methyl sites for hydroxylation is 3. The fourth-order valence-corrected chi connectivity index (χ4v) is 2.66. The molecule has 4 heteroatoms. The topological polar surface area (TPSA) is 38.1 Å². The predicted octanol–water partition coefficient (Wildman–Crippen LogP) is 3.51. The molecule has 0 spiro atoms. The molecule has 0 saturated heterocycles. The molecule has 2 rings (SSSR count). The Hall–Kier alpha value is -1.13. The van der Waals surface area contributed by atoms with Crippen LogP contribution in [0.15, 0.2) is 16.0 Å². The van der Waals surface area contributed by atoms with Gasteiger partial charge in [0, 0.05) is 23.0 Å². The maximum atomic E-state index is 5.55. The third kappa shape index (κ3) is 2.76. The molecule has 1 unspecified atom stereocenters. The predicted molar refractivity (Wildman–Crippen MR) is 70.3 cm³/mol. The lowest BCUT2D eigenvalue weighted by Gasteiger charge is -2.12. The van der Waals surface area contributed by atoms with E-state index in [4.69, 9.17) is 4.42 Å². The van der Waals surface area contributed by atoms with E-state index < -0.39 is 0 Å². The first-order valence-electron chi connectivity index (χ1n) is 5.77. The normalized spacial score (nSPS) is 12.9. The molecule has 1 atom stereocenters. The van der Waals surface area contributed by atoms with Crippen LogP contribution in [0.5, 0.6) is 0 Å². The number of furan rings is 1. The number of nitrogens with one attached hydrogen (secondary N) is 1. The maximum absolute atomic E-state index is 5.55. The molecule has 2 aromatic rings. The fourth-order valence-electron chi connectivity index (χ4n) is 1.93. The van der Waals surface area contributed by atoms with Gasteiger partial charge in [0.15, 0.2) is 0 Å². The van der Waals surface area contributed by atoms with Crippen molar-refractivity contribution in [3.05, 3.63) is 39.2 Å². The molecule has 0 aliphatic heterocycles. The monoisotopic (exact) mass is 250 g/mol. The van der Waals surface area contributed by atoms with Crippen LogP contribution in [0.3, 0.4) is 0 Å². The lowest BCUT2D eigenvalue weighted by Crippen LogP contribution is -2.18. The minimum Gasteiger partial charge on any atom is -0.466 e. The highest BCUT2D eigenvalue weighted by molar-refractivity contribution is 7.09. The van der Waals surface area contributed by atoms with Crippen LogP contribution in [0.1, 0.15) is 40.6 Å². The molecule has 0 aliphatic rings. The van der Waals surface area contributed by atoms with Crippen molar-refractivity contribution in [3.63, 3.8) is 0 Å². The Labute approximate surface area is 106 Å². The highest BCUT2D eigenvalue weighted by Gasteiger charge is 2.12. The van der Waals surface area contributed by atoms with Gasteiger partial charge in [0.25, 0.3) is 0 Å². The van der Waals surface area contributed by atoms with Crippen molar-refractivity contribution in [1.82, 2.24) is 10.3 Å². The second kappa shape index (κ2) is 5.02. The Morgan fingerprint density at radius 2 is 2.18 bits per heavy atom. The van der Waals surface area contributed by atoms with E-state index in [1.54, 1.807) is 11.3 Å². The summed E-state index contributed by atoms with van der Waals surface area (Å²) in [6.45, 7) is 9.06. The standard InChI is InChI=1S/C13H18N2OS/c1-8-5-12(11(4)16-8)9(2)14-6-13-10(3)15-7-17-13/h5,7,9,14H,6H2,1-4H3. The minimum absolute atomic E-state index is 0.300. The third-order valence-corrected chi connectivity index (χ3v) is 3.89. The van der Waals surface area contributed by atoms with Gasteiger partial charge in [-0.3, -0.25) is 0 Å². The number of rotatable bonds is 4. The summed E-state index contributed by atoms with van der Waals surface area (Å²) in [5.74, 6) is 1.98. The Bertz CT molecular complexity index is 501. The van der Waals surface area contributed by atoms with Crippen molar-refractivity contribution in [2.75, 3.05) is 0 Å². The molecule has 0 saturated carbocycles. The molecule has 17 heavy (non-hydrogen) atoms. The molecule has 0 radical (unpaired) electrons. The van der Waals surface area contributed by atoms with Crippen LogP contribution in [-0.4, -0.2) is 4.98 Å². The van der Waals surface area contributed by atoms with Crippen LogP contribution in [0, 0.1) is 20.8 Å². The minimum atomic E-state index is 0.300. The van der Waals surface area contributed by atoms with Gasteiger partial charge >= 0.3 is 0 Å². The van der Waals surface area contributed by atoms with Crippen LogP contribution in [0.2, 0.25) is 0 Å². The summed E-state index contributed by atoms with van der Waals surface area (Å²) in [6, 6.07) is 2.40. The molecule has 0 fully saturated rings. The van der Waals surface area contributed by atoms with E-state index in [-0.39, 0.29) is 0 Å². The van der Waals surface area contributed by atoms with Gasteiger partial charge in [-0.05, 0) is 33.8 Å². The third-order valence-electron chi connectivity index (χ3n) is 2.96. The molecule has 0 amide bonds. The van der Waals surface area contributed by atoms with E-state index in [1.807, 2.05) is 26.3 Å². The SMILES string of the molecule is Cc1cc(C(C)NCc2scnc2C)c(C)o1. The van der Waals surface area contributed by atoms with E-state index in [9.17, 15) is 0 Å². The van der Waals surface area contributed by atoms with E-state index in [2.05, 4.69) is 23.3 Å². The number of thiazole rings is 1. The van der Waals surface area contributed by atoms with Crippen LogP contribution >= 0.6 is 11.3 Å². The van der Waals surface area contributed by atoms with Crippen molar-refractivity contribution >= 4 is 11.3 Å². The molecular formula is C13H18N2OS.